The van der Waals surface area contributed by atoms with Crippen molar-refractivity contribution in [2.75, 3.05) is 13.2 Å². The normalized spacial score (nSPS) is 50.8. The third-order valence-corrected chi connectivity index (χ3v) is 19.0. The fourth-order valence-corrected chi connectivity index (χ4v) is 18.2. The average Bonchev–Trinajstić information content (AvgIpc) is 2.58. The van der Waals surface area contributed by atoms with Crippen molar-refractivity contribution < 1.29 is 10.2 Å². The molecule has 0 aromatic rings. The minimum atomic E-state index is 0.412. The van der Waals surface area contributed by atoms with Crippen LogP contribution in [0.25, 0.3) is 0 Å². The van der Waals surface area contributed by atoms with Gasteiger partial charge in [-0.15, -0.1) is 0 Å². The maximum absolute atomic E-state index is 10.0. The molecule has 0 radical (unpaired) electrons. The summed E-state index contributed by atoms with van der Waals surface area (Å²) in [6, 6.07) is 0. The van der Waals surface area contributed by atoms with Crippen LogP contribution in [0.2, 0.25) is 9.63 Å². The Morgan fingerprint density at radius 3 is 1.38 bits per heavy atom. The Hall–Kier alpha value is 0.959. The van der Waals surface area contributed by atoms with Crippen LogP contribution in [0.3, 0.4) is 0 Å². The second-order valence-corrected chi connectivity index (χ2v) is 17.7. The topological polar surface area (TPSA) is 40.5 Å². The molecule has 0 spiro atoms. The number of aliphatic hydroxyl groups excluding tert-OH is 2. The minimum absolute atomic E-state index is 0.412. The van der Waals surface area contributed by atoms with Crippen molar-refractivity contribution in [1.29, 1.82) is 0 Å². The summed E-state index contributed by atoms with van der Waals surface area (Å²) in [5, 5.41) is 20.0. The van der Waals surface area contributed by atoms with Gasteiger partial charge >= 0.3 is 159 Å². The first-order valence-corrected chi connectivity index (χ1v) is 16.2. The van der Waals surface area contributed by atoms with E-state index in [-0.39, 0.29) is 0 Å². The Labute approximate surface area is 158 Å². The molecule has 4 heteroatoms. The van der Waals surface area contributed by atoms with Crippen molar-refractivity contribution in [2.45, 2.75) is 63.0 Å². The first-order chi connectivity index (χ1) is 11.3. The molecule has 2 nitrogen and oxygen atoms in total. The molecule has 0 heterocycles. The third kappa shape index (κ3) is 2.54. The number of fused-ring (bicyclic) bond motifs is 4. The van der Waals surface area contributed by atoms with Crippen LogP contribution in [0, 0.1) is 46.3 Å². The Morgan fingerprint density at radius 2 is 1.08 bits per heavy atom. The summed E-state index contributed by atoms with van der Waals surface area (Å²) in [6.45, 7) is 10.6. The summed E-state index contributed by atoms with van der Waals surface area (Å²) in [5.74, 6) is 4.54. The van der Waals surface area contributed by atoms with Gasteiger partial charge in [0.25, 0.3) is 0 Å². The molecule has 0 aromatic heterocycles. The zero-order valence-corrected chi connectivity index (χ0v) is 19.0. The van der Waals surface area contributed by atoms with Crippen molar-refractivity contribution in [3.8, 4) is 0 Å². The van der Waals surface area contributed by atoms with E-state index in [1.54, 1.807) is 0 Å². The second-order valence-electron chi connectivity index (χ2n) is 10.2. The van der Waals surface area contributed by atoms with Gasteiger partial charge < -0.3 is 0 Å². The molecule has 0 aliphatic heterocycles. The molecule has 24 heavy (non-hydrogen) atoms. The quantitative estimate of drug-likeness (QED) is 0.614. The van der Waals surface area contributed by atoms with Crippen LogP contribution in [-0.2, 0) is 0 Å². The van der Waals surface area contributed by atoms with Gasteiger partial charge in [0.2, 0.25) is 0 Å². The molecule has 0 aromatic carbocycles. The van der Waals surface area contributed by atoms with Crippen LogP contribution in [-0.4, -0.2) is 49.7 Å². The molecule has 6 fully saturated rings. The SMILES string of the molecule is CC1(C)[C@H]2C[C@H]([Se][Se][C@H]3C[C@H]4C[C@@H]([C@@H]3CO)C4(C)C)[C@@H](CO)[C@@H]1C2. The summed E-state index contributed by atoms with van der Waals surface area (Å²) in [4.78, 5) is 1.65. The first kappa shape index (κ1) is 18.3. The molecule has 0 unspecified atom stereocenters. The van der Waals surface area contributed by atoms with E-state index in [9.17, 15) is 10.2 Å². The van der Waals surface area contributed by atoms with Crippen LogP contribution in [0.4, 0.5) is 0 Å². The fourth-order valence-electron chi connectivity index (χ4n) is 6.65. The van der Waals surface area contributed by atoms with Gasteiger partial charge in [0, 0.05) is 0 Å². The molecule has 0 amide bonds. The Bertz CT molecular complexity index is 448. The second kappa shape index (κ2) is 6.25. The molecular weight excluding hydrogens is 430 g/mol. The zero-order valence-electron chi connectivity index (χ0n) is 15.6. The Balaban J connectivity index is 1.37. The molecule has 138 valence electrons. The number of hydrogen-bond donors (Lipinski definition) is 2. The van der Waals surface area contributed by atoms with E-state index < -0.39 is 0 Å². The van der Waals surface area contributed by atoms with Gasteiger partial charge in [0.05, 0.1) is 0 Å². The predicted octanol–water partition coefficient (Wildman–Crippen LogP) is 3.24. The van der Waals surface area contributed by atoms with Crippen LogP contribution in [0.1, 0.15) is 53.4 Å². The van der Waals surface area contributed by atoms with Crippen molar-refractivity contribution in [2.24, 2.45) is 46.3 Å². The fraction of sp³-hybridized carbons (Fsp3) is 1.00. The van der Waals surface area contributed by atoms with Gasteiger partial charge in [-0.1, -0.05) is 0 Å². The van der Waals surface area contributed by atoms with E-state index in [4.69, 9.17) is 0 Å². The zero-order chi connectivity index (χ0) is 17.3. The van der Waals surface area contributed by atoms with Gasteiger partial charge in [0.15, 0.2) is 0 Å². The molecular formula is C20H34O2Se2. The Morgan fingerprint density at radius 1 is 0.708 bits per heavy atom. The number of hydrogen-bond acceptors (Lipinski definition) is 2. The van der Waals surface area contributed by atoms with Crippen molar-refractivity contribution >= 4 is 26.3 Å². The molecule has 6 saturated carbocycles. The summed E-state index contributed by atoms with van der Waals surface area (Å²) < 4.78 is 0. The third-order valence-electron chi connectivity index (χ3n) is 8.84. The van der Waals surface area contributed by atoms with E-state index >= 15 is 0 Å². The number of rotatable bonds is 5. The van der Waals surface area contributed by atoms with E-state index in [0.717, 1.165) is 33.3 Å². The van der Waals surface area contributed by atoms with Crippen LogP contribution >= 0.6 is 0 Å². The van der Waals surface area contributed by atoms with E-state index in [1.165, 1.54) is 25.7 Å². The molecule has 6 aliphatic rings. The molecule has 2 N–H and O–H groups in total. The van der Waals surface area contributed by atoms with Crippen LogP contribution in [0.5, 0.6) is 0 Å². The summed E-state index contributed by atoms with van der Waals surface area (Å²) in [6.07, 6.45) is 5.51. The average molecular weight is 464 g/mol. The monoisotopic (exact) mass is 466 g/mol. The van der Waals surface area contributed by atoms with Gasteiger partial charge in [-0.05, 0) is 0 Å². The number of aliphatic hydroxyl groups is 2. The molecule has 6 aliphatic carbocycles. The maximum atomic E-state index is 10.0. The van der Waals surface area contributed by atoms with Gasteiger partial charge in [-0.2, -0.15) is 0 Å². The van der Waals surface area contributed by atoms with Gasteiger partial charge in [-0.3, -0.25) is 0 Å². The van der Waals surface area contributed by atoms with Crippen molar-refractivity contribution in [3.63, 3.8) is 0 Å². The van der Waals surface area contributed by atoms with Crippen molar-refractivity contribution in [1.82, 2.24) is 0 Å². The molecule has 0 saturated heterocycles. The predicted molar refractivity (Wildman–Crippen MR) is 100 cm³/mol. The molecule has 6 rings (SSSR count). The van der Waals surface area contributed by atoms with Crippen molar-refractivity contribution in [3.05, 3.63) is 0 Å². The van der Waals surface area contributed by atoms with Gasteiger partial charge in [-0.25, -0.2) is 0 Å². The van der Waals surface area contributed by atoms with Gasteiger partial charge in [0.1, 0.15) is 0 Å². The van der Waals surface area contributed by atoms with E-state index in [1.807, 2.05) is 0 Å². The first-order valence-electron chi connectivity index (χ1n) is 9.84. The summed E-state index contributed by atoms with van der Waals surface area (Å²) in [5.41, 5.74) is 0.966. The van der Waals surface area contributed by atoms with E-state index in [0.29, 0.717) is 62.1 Å². The molecule has 8 atom stereocenters. The van der Waals surface area contributed by atoms with E-state index in [2.05, 4.69) is 27.7 Å². The van der Waals surface area contributed by atoms with Crippen LogP contribution in [0.15, 0.2) is 0 Å². The summed E-state index contributed by atoms with van der Waals surface area (Å²) >= 11 is 1.42. The summed E-state index contributed by atoms with van der Waals surface area (Å²) in [7, 11) is 0. The van der Waals surface area contributed by atoms with Crippen LogP contribution < -0.4 is 0 Å². The Kier molecular flexibility index (Phi) is 4.77. The standard InChI is InChI=1S/C20H34O2Se2/c1-19(2)11-5-15(19)13(9-21)17(7-11)23-24-18-8-12-6-16(14(18)10-22)20(12,3)4/h11-18,21-22H,5-10H2,1-4H3/t11-,12-,13+,14+,15+,16+,17+,18+/m1/s1. The molecule has 4 bridgehead atoms.